The molecule has 1 aliphatic carbocycles. The van der Waals surface area contributed by atoms with E-state index in [4.69, 9.17) is 21.1 Å². The smallest absolute Gasteiger partial charge is 0.334 e. The average Bonchev–Trinajstić information content (AvgIpc) is 2.38. The second-order valence-electron chi connectivity index (χ2n) is 3.83. The average molecular weight is 273 g/mol. The fourth-order valence-electron chi connectivity index (χ4n) is 1.73. The Kier molecular flexibility index (Phi) is 5.92. The summed E-state index contributed by atoms with van der Waals surface area (Å²) in [4.78, 5) is 23.4. The van der Waals surface area contributed by atoms with Crippen LogP contribution in [0.3, 0.4) is 0 Å². The van der Waals surface area contributed by atoms with E-state index < -0.39 is 11.9 Å². The summed E-state index contributed by atoms with van der Waals surface area (Å²) in [5.74, 6) is -0.945. The van der Waals surface area contributed by atoms with Crippen molar-refractivity contribution in [1.29, 1.82) is 0 Å². The molecule has 4 nitrogen and oxygen atoms in total. The molecule has 1 unspecified atom stereocenters. The quantitative estimate of drug-likeness (QED) is 0.569. The number of esters is 2. The Morgan fingerprint density at radius 3 is 2.56 bits per heavy atom. The van der Waals surface area contributed by atoms with Crippen molar-refractivity contribution in [3.05, 3.63) is 23.3 Å². The lowest BCUT2D eigenvalue weighted by Gasteiger charge is -2.19. The number of hydrogen-bond acceptors (Lipinski definition) is 4. The summed E-state index contributed by atoms with van der Waals surface area (Å²) >= 11 is 5.76. The zero-order chi connectivity index (χ0) is 13.5. The molecular weight excluding hydrogens is 256 g/mol. The van der Waals surface area contributed by atoms with Gasteiger partial charge in [-0.05, 0) is 31.9 Å². The Hall–Kier alpha value is -1.29. The molecule has 0 aromatic carbocycles. The summed E-state index contributed by atoms with van der Waals surface area (Å²) in [7, 11) is 0. The van der Waals surface area contributed by atoms with Crippen LogP contribution in [0.5, 0.6) is 0 Å². The van der Waals surface area contributed by atoms with Crippen molar-refractivity contribution >= 4 is 23.5 Å². The van der Waals surface area contributed by atoms with Gasteiger partial charge >= 0.3 is 11.9 Å². The van der Waals surface area contributed by atoms with E-state index in [0.717, 1.165) is 5.57 Å². The van der Waals surface area contributed by atoms with Gasteiger partial charge < -0.3 is 9.47 Å². The molecule has 0 amide bonds. The summed E-state index contributed by atoms with van der Waals surface area (Å²) in [5, 5.41) is 0. The molecule has 0 saturated carbocycles. The van der Waals surface area contributed by atoms with Crippen molar-refractivity contribution in [2.45, 2.75) is 20.3 Å². The number of hydrogen-bond donors (Lipinski definition) is 0. The SMILES string of the molecule is CCOC(=O)C1=CC(CCl)=CC(C(=O)OCC)C1. The highest BCUT2D eigenvalue weighted by molar-refractivity contribution is 6.19. The van der Waals surface area contributed by atoms with Crippen molar-refractivity contribution < 1.29 is 19.1 Å². The van der Waals surface area contributed by atoms with Crippen molar-refractivity contribution in [2.24, 2.45) is 5.92 Å². The first kappa shape index (κ1) is 14.8. The number of ether oxygens (including phenoxy) is 2. The first-order valence-corrected chi connectivity index (χ1v) is 6.46. The first-order valence-electron chi connectivity index (χ1n) is 5.93. The highest BCUT2D eigenvalue weighted by Gasteiger charge is 2.26. The zero-order valence-corrected chi connectivity index (χ0v) is 11.3. The lowest BCUT2D eigenvalue weighted by molar-refractivity contribution is -0.146. The molecule has 1 atom stereocenters. The van der Waals surface area contributed by atoms with E-state index in [-0.39, 0.29) is 11.8 Å². The summed E-state index contributed by atoms with van der Waals surface area (Å²) in [5.41, 5.74) is 1.21. The monoisotopic (exact) mass is 272 g/mol. The van der Waals surface area contributed by atoms with Crippen LogP contribution in [0, 0.1) is 5.92 Å². The van der Waals surface area contributed by atoms with Gasteiger partial charge in [0, 0.05) is 11.5 Å². The fraction of sp³-hybridized carbons (Fsp3) is 0.538. The van der Waals surface area contributed by atoms with E-state index in [0.29, 0.717) is 25.2 Å². The maximum atomic E-state index is 11.7. The van der Waals surface area contributed by atoms with Crippen LogP contribution in [-0.4, -0.2) is 31.0 Å². The van der Waals surface area contributed by atoms with Crippen LogP contribution in [0.1, 0.15) is 20.3 Å². The number of carbonyl (C=O) groups is 2. The Bertz CT molecular complexity index is 384. The predicted molar refractivity (Wildman–Crippen MR) is 68.3 cm³/mol. The Labute approximate surface area is 112 Å². The largest absolute Gasteiger partial charge is 0.466 e. The predicted octanol–water partition coefficient (Wildman–Crippen LogP) is 2.22. The molecule has 0 fully saturated rings. The molecule has 0 radical (unpaired) electrons. The van der Waals surface area contributed by atoms with Gasteiger partial charge in [0.15, 0.2) is 0 Å². The second kappa shape index (κ2) is 7.21. The summed E-state index contributed by atoms with van der Waals surface area (Å²) in [6.07, 6.45) is 3.73. The van der Waals surface area contributed by atoms with Gasteiger partial charge in [0.1, 0.15) is 0 Å². The Morgan fingerprint density at radius 1 is 1.33 bits per heavy atom. The third-order valence-electron chi connectivity index (χ3n) is 2.50. The van der Waals surface area contributed by atoms with Gasteiger partial charge in [-0.15, -0.1) is 11.6 Å². The van der Waals surface area contributed by atoms with E-state index in [1.165, 1.54) is 0 Å². The lowest BCUT2D eigenvalue weighted by atomic mass is 9.91. The van der Waals surface area contributed by atoms with Crippen LogP contribution in [0.2, 0.25) is 0 Å². The van der Waals surface area contributed by atoms with Gasteiger partial charge in [-0.25, -0.2) is 4.79 Å². The van der Waals surface area contributed by atoms with Crippen molar-refractivity contribution in [3.8, 4) is 0 Å². The number of alkyl halides is 1. The number of carbonyl (C=O) groups excluding carboxylic acids is 2. The van der Waals surface area contributed by atoms with Gasteiger partial charge in [-0.3, -0.25) is 4.79 Å². The molecular formula is C13H17ClO4. The van der Waals surface area contributed by atoms with Gasteiger partial charge in [-0.2, -0.15) is 0 Å². The molecule has 0 aromatic heterocycles. The molecule has 0 N–H and O–H groups in total. The zero-order valence-electron chi connectivity index (χ0n) is 10.6. The molecule has 100 valence electrons. The molecule has 0 aliphatic heterocycles. The van der Waals surface area contributed by atoms with Crippen LogP contribution in [0.15, 0.2) is 23.3 Å². The topological polar surface area (TPSA) is 52.6 Å². The van der Waals surface area contributed by atoms with Gasteiger partial charge in [0.2, 0.25) is 0 Å². The van der Waals surface area contributed by atoms with E-state index in [2.05, 4.69) is 0 Å². The highest BCUT2D eigenvalue weighted by Crippen LogP contribution is 2.25. The number of allylic oxidation sites excluding steroid dienone is 2. The molecule has 0 heterocycles. The van der Waals surface area contributed by atoms with E-state index in [1.807, 2.05) is 0 Å². The van der Waals surface area contributed by atoms with Crippen LogP contribution >= 0.6 is 11.6 Å². The van der Waals surface area contributed by atoms with Gasteiger partial charge in [0.05, 0.1) is 19.1 Å². The molecule has 1 aliphatic rings. The number of halogens is 1. The highest BCUT2D eigenvalue weighted by atomic mass is 35.5. The van der Waals surface area contributed by atoms with Crippen molar-refractivity contribution in [1.82, 2.24) is 0 Å². The summed E-state index contributed by atoms with van der Waals surface area (Å²) in [6.45, 7) is 4.11. The van der Waals surface area contributed by atoms with E-state index in [9.17, 15) is 9.59 Å². The summed E-state index contributed by atoms with van der Waals surface area (Å²) in [6, 6.07) is 0. The van der Waals surface area contributed by atoms with Crippen LogP contribution < -0.4 is 0 Å². The Balaban J connectivity index is 2.83. The molecule has 18 heavy (non-hydrogen) atoms. The molecule has 0 saturated heterocycles. The first-order chi connectivity index (χ1) is 8.62. The lowest BCUT2D eigenvalue weighted by Crippen LogP contribution is -2.22. The van der Waals surface area contributed by atoms with Crippen molar-refractivity contribution in [2.75, 3.05) is 19.1 Å². The van der Waals surface area contributed by atoms with E-state index >= 15 is 0 Å². The minimum atomic E-state index is -0.455. The fourth-order valence-corrected chi connectivity index (χ4v) is 1.90. The third kappa shape index (κ3) is 3.88. The normalized spacial score (nSPS) is 18.7. The molecule has 5 heteroatoms. The van der Waals surface area contributed by atoms with Gasteiger partial charge in [-0.1, -0.05) is 6.08 Å². The van der Waals surface area contributed by atoms with Crippen molar-refractivity contribution in [3.63, 3.8) is 0 Å². The third-order valence-corrected chi connectivity index (χ3v) is 2.80. The van der Waals surface area contributed by atoms with E-state index in [1.54, 1.807) is 26.0 Å². The van der Waals surface area contributed by atoms with Crippen LogP contribution in [0.25, 0.3) is 0 Å². The minimum absolute atomic E-state index is 0.249. The van der Waals surface area contributed by atoms with Crippen LogP contribution in [-0.2, 0) is 19.1 Å². The molecule has 0 aromatic rings. The maximum Gasteiger partial charge on any atom is 0.334 e. The minimum Gasteiger partial charge on any atom is -0.466 e. The summed E-state index contributed by atoms with van der Waals surface area (Å²) < 4.78 is 9.89. The maximum absolute atomic E-state index is 11.7. The number of rotatable bonds is 5. The van der Waals surface area contributed by atoms with Gasteiger partial charge in [0.25, 0.3) is 0 Å². The standard InChI is InChI=1S/C13H17ClO4/c1-3-17-12(15)10-5-9(8-14)6-11(7-10)13(16)18-4-2/h5-6,10H,3-4,7-8H2,1-2H3. The molecule has 0 bridgehead atoms. The van der Waals surface area contributed by atoms with Crippen LogP contribution in [0.4, 0.5) is 0 Å². The second-order valence-corrected chi connectivity index (χ2v) is 4.10. The Morgan fingerprint density at radius 2 is 2.00 bits per heavy atom. The molecule has 1 rings (SSSR count). The molecule has 0 spiro atoms.